The number of benzene rings is 3. The number of ether oxygens (including phenoxy) is 4. The Morgan fingerprint density at radius 2 is 1.39 bits per heavy atom. The molecule has 4 rings (SSSR count). The minimum Gasteiger partial charge on any atom is -0.497 e. The van der Waals surface area contributed by atoms with Gasteiger partial charge in [0, 0.05) is 22.2 Å². The molecule has 0 saturated heterocycles. The molecule has 0 aliphatic heterocycles. The maximum Gasteiger partial charge on any atom is 0.161 e. The highest BCUT2D eigenvalue weighted by atomic mass is 16.5. The molecule has 31 heavy (non-hydrogen) atoms. The number of hydrogen-bond acceptors (Lipinski definition) is 5. The highest BCUT2D eigenvalue weighted by Crippen LogP contribution is 2.43. The van der Waals surface area contributed by atoms with Crippen LogP contribution in [0.4, 0.5) is 0 Å². The zero-order valence-corrected chi connectivity index (χ0v) is 18.4. The molecule has 0 saturated carbocycles. The molecule has 3 aromatic carbocycles. The fourth-order valence-electron chi connectivity index (χ4n) is 3.95. The van der Waals surface area contributed by atoms with Gasteiger partial charge in [-0.15, -0.1) is 0 Å². The number of fused-ring (bicyclic) bond motifs is 1. The maximum absolute atomic E-state index is 5.66. The molecule has 4 aromatic rings. The van der Waals surface area contributed by atoms with Crippen molar-refractivity contribution in [1.29, 1.82) is 0 Å². The van der Waals surface area contributed by atoms with Crippen LogP contribution >= 0.6 is 0 Å². The van der Waals surface area contributed by atoms with Crippen molar-refractivity contribution < 1.29 is 18.9 Å². The molecule has 0 aliphatic rings. The second kappa shape index (κ2) is 8.56. The maximum atomic E-state index is 5.66. The average Bonchev–Trinajstić information content (AvgIpc) is 2.82. The van der Waals surface area contributed by atoms with Gasteiger partial charge in [0.15, 0.2) is 11.5 Å². The molecule has 0 atom stereocenters. The van der Waals surface area contributed by atoms with Gasteiger partial charge in [0.05, 0.1) is 34.1 Å². The summed E-state index contributed by atoms with van der Waals surface area (Å²) in [5.41, 5.74) is 4.69. The van der Waals surface area contributed by atoms with E-state index in [4.69, 9.17) is 23.9 Å². The van der Waals surface area contributed by atoms with Crippen molar-refractivity contribution in [2.24, 2.45) is 0 Å². The van der Waals surface area contributed by atoms with Gasteiger partial charge < -0.3 is 18.9 Å². The summed E-state index contributed by atoms with van der Waals surface area (Å²) in [5, 5.41) is 2.05. The topological polar surface area (TPSA) is 49.8 Å². The Bertz CT molecular complexity index is 1250. The zero-order chi connectivity index (χ0) is 22.0. The standard InChI is InChI=1S/C26H25NO4/c1-16-24-20(10-7-11-22(24)30-4)25(17-8-6-9-19(14-17)28-2)26(27-16)18-12-13-21(29-3)23(15-18)31-5/h6-15H,1-5H3. The number of nitrogens with zero attached hydrogens (tertiary/aromatic N) is 1. The van der Waals surface area contributed by atoms with E-state index in [-0.39, 0.29) is 0 Å². The van der Waals surface area contributed by atoms with Gasteiger partial charge >= 0.3 is 0 Å². The normalized spacial score (nSPS) is 10.7. The summed E-state index contributed by atoms with van der Waals surface area (Å²) >= 11 is 0. The summed E-state index contributed by atoms with van der Waals surface area (Å²) < 4.78 is 22.1. The van der Waals surface area contributed by atoms with Gasteiger partial charge in [0.1, 0.15) is 11.5 Å². The molecule has 0 amide bonds. The molecule has 1 aromatic heterocycles. The predicted octanol–water partition coefficient (Wildman–Crippen LogP) is 5.91. The van der Waals surface area contributed by atoms with Gasteiger partial charge in [-0.3, -0.25) is 4.98 Å². The third-order valence-electron chi connectivity index (χ3n) is 5.41. The van der Waals surface area contributed by atoms with E-state index in [0.29, 0.717) is 11.5 Å². The molecule has 0 radical (unpaired) electrons. The number of rotatable bonds is 6. The van der Waals surface area contributed by atoms with Crippen LogP contribution in [0.15, 0.2) is 60.7 Å². The SMILES string of the molecule is COc1cccc(-c2c(-c3ccc(OC)c(OC)c3)nc(C)c3c(OC)cccc23)c1. The summed E-state index contributed by atoms with van der Waals surface area (Å²) in [4.78, 5) is 5.03. The monoisotopic (exact) mass is 415 g/mol. The van der Waals surface area contributed by atoms with Gasteiger partial charge in [-0.05, 0) is 54.3 Å². The summed E-state index contributed by atoms with van der Waals surface area (Å²) in [6, 6.07) is 19.9. The van der Waals surface area contributed by atoms with Crippen LogP contribution in [0.3, 0.4) is 0 Å². The lowest BCUT2D eigenvalue weighted by Crippen LogP contribution is -1.98. The highest BCUT2D eigenvalue weighted by Gasteiger charge is 2.19. The molecule has 0 spiro atoms. The second-order valence-electron chi connectivity index (χ2n) is 7.11. The van der Waals surface area contributed by atoms with Gasteiger partial charge in [-0.1, -0.05) is 24.3 Å². The number of aromatic nitrogens is 1. The summed E-state index contributed by atoms with van der Waals surface area (Å²) in [5.74, 6) is 2.91. The lowest BCUT2D eigenvalue weighted by atomic mass is 9.92. The molecule has 0 N–H and O–H groups in total. The number of methoxy groups -OCH3 is 4. The Kier molecular flexibility index (Phi) is 5.67. The summed E-state index contributed by atoms with van der Waals surface area (Å²) in [7, 11) is 6.61. The minimum atomic E-state index is 0.654. The van der Waals surface area contributed by atoms with Crippen molar-refractivity contribution in [2.75, 3.05) is 28.4 Å². The van der Waals surface area contributed by atoms with Crippen molar-refractivity contribution in [3.05, 3.63) is 66.4 Å². The van der Waals surface area contributed by atoms with Crippen molar-refractivity contribution in [3.8, 4) is 45.4 Å². The summed E-state index contributed by atoms with van der Waals surface area (Å²) in [6.07, 6.45) is 0. The van der Waals surface area contributed by atoms with Crippen molar-refractivity contribution >= 4 is 10.8 Å². The molecule has 1 heterocycles. The average molecular weight is 415 g/mol. The van der Waals surface area contributed by atoms with Crippen molar-refractivity contribution in [2.45, 2.75) is 6.92 Å². The van der Waals surface area contributed by atoms with E-state index in [1.807, 2.05) is 55.5 Å². The van der Waals surface area contributed by atoms with Crippen LogP contribution < -0.4 is 18.9 Å². The van der Waals surface area contributed by atoms with Crippen LogP contribution in [-0.2, 0) is 0 Å². The Balaban J connectivity index is 2.10. The van der Waals surface area contributed by atoms with Crippen LogP contribution in [0, 0.1) is 6.92 Å². The van der Waals surface area contributed by atoms with E-state index < -0.39 is 0 Å². The van der Waals surface area contributed by atoms with Crippen LogP contribution in [0.25, 0.3) is 33.2 Å². The molecular formula is C26H25NO4. The van der Waals surface area contributed by atoms with Crippen molar-refractivity contribution in [3.63, 3.8) is 0 Å². The van der Waals surface area contributed by atoms with E-state index in [2.05, 4.69) is 12.1 Å². The number of hydrogen-bond donors (Lipinski definition) is 0. The van der Waals surface area contributed by atoms with Gasteiger partial charge in [-0.2, -0.15) is 0 Å². The quantitative estimate of drug-likeness (QED) is 0.392. The molecule has 158 valence electrons. The molecule has 5 nitrogen and oxygen atoms in total. The molecule has 0 aliphatic carbocycles. The number of pyridine rings is 1. The van der Waals surface area contributed by atoms with Crippen molar-refractivity contribution in [1.82, 2.24) is 4.98 Å². The Hall–Kier alpha value is -3.73. The zero-order valence-electron chi connectivity index (χ0n) is 18.4. The smallest absolute Gasteiger partial charge is 0.161 e. The molecule has 5 heteroatoms. The highest BCUT2D eigenvalue weighted by molar-refractivity contribution is 6.06. The van der Waals surface area contributed by atoms with Crippen LogP contribution in [-0.4, -0.2) is 33.4 Å². The van der Waals surface area contributed by atoms with E-state index in [9.17, 15) is 0 Å². The molecular weight excluding hydrogens is 390 g/mol. The molecule has 0 bridgehead atoms. The van der Waals surface area contributed by atoms with E-state index in [0.717, 1.165) is 50.3 Å². The number of aryl methyl sites for hydroxylation is 1. The first kappa shape index (κ1) is 20.5. The van der Waals surface area contributed by atoms with E-state index in [1.165, 1.54) is 0 Å². The first-order chi connectivity index (χ1) is 15.1. The molecule has 0 fully saturated rings. The summed E-state index contributed by atoms with van der Waals surface area (Å²) in [6.45, 7) is 2.00. The second-order valence-corrected chi connectivity index (χ2v) is 7.11. The Labute approximate surface area is 182 Å². The van der Waals surface area contributed by atoms with Gasteiger partial charge in [-0.25, -0.2) is 0 Å². The Morgan fingerprint density at radius 1 is 0.645 bits per heavy atom. The first-order valence-electron chi connectivity index (χ1n) is 9.95. The first-order valence-corrected chi connectivity index (χ1v) is 9.95. The molecule has 0 unspecified atom stereocenters. The predicted molar refractivity (Wildman–Crippen MR) is 124 cm³/mol. The minimum absolute atomic E-state index is 0.654. The third-order valence-corrected chi connectivity index (χ3v) is 5.41. The fraction of sp³-hybridized carbons (Fsp3) is 0.192. The lowest BCUT2D eigenvalue weighted by Gasteiger charge is -2.18. The lowest BCUT2D eigenvalue weighted by molar-refractivity contribution is 0.355. The van der Waals surface area contributed by atoms with Crippen LogP contribution in [0.5, 0.6) is 23.0 Å². The van der Waals surface area contributed by atoms with Crippen LogP contribution in [0.2, 0.25) is 0 Å². The fourth-order valence-corrected chi connectivity index (χ4v) is 3.95. The Morgan fingerprint density at radius 3 is 2.10 bits per heavy atom. The van der Waals surface area contributed by atoms with Gasteiger partial charge in [0.25, 0.3) is 0 Å². The van der Waals surface area contributed by atoms with Crippen LogP contribution in [0.1, 0.15) is 5.69 Å². The largest absolute Gasteiger partial charge is 0.497 e. The van der Waals surface area contributed by atoms with Gasteiger partial charge in [0.2, 0.25) is 0 Å². The van der Waals surface area contributed by atoms with E-state index >= 15 is 0 Å². The van der Waals surface area contributed by atoms with E-state index in [1.54, 1.807) is 28.4 Å². The third kappa shape index (κ3) is 3.63.